The monoisotopic (exact) mass is 437 g/mol. The summed E-state index contributed by atoms with van der Waals surface area (Å²) in [7, 11) is 0. The van der Waals surface area contributed by atoms with Crippen molar-refractivity contribution in [2.24, 2.45) is 5.92 Å². The molecule has 1 fully saturated rings. The van der Waals surface area contributed by atoms with Crippen LogP contribution in [-0.4, -0.2) is 44.7 Å². The van der Waals surface area contributed by atoms with Crippen molar-refractivity contribution in [1.29, 1.82) is 0 Å². The second-order valence-electron chi connectivity index (χ2n) is 8.35. The van der Waals surface area contributed by atoms with E-state index in [0.29, 0.717) is 23.0 Å². The van der Waals surface area contributed by atoms with Crippen LogP contribution in [-0.2, 0) is 0 Å². The third-order valence-electron chi connectivity index (χ3n) is 5.95. The predicted octanol–water partition coefficient (Wildman–Crippen LogP) is 4.89. The molecule has 6 nitrogen and oxygen atoms in total. The number of amides is 1. The summed E-state index contributed by atoms with van der Waals surface area (Å²) in [6, 6.07) is 11.7. The van der Waals surface area contributed by atoms with E-state index >= 15 is 0 Å². The Bertz CT molecular complexity index is 1060. The van der Waals surface area contributed by atoms with Gasteiger partial charge in [0.25, 0.3) is 5.91 Å². The standard InChI is InChI=1S/C24H28ClN5O/c1-16-6-8-21(30-12-10-18(3)28-30)20(13-16)24(31)29-11-4-5-17(2)22(29)15-27-23-9-7-19(25)14-26-23/h6-10,12-14,17,22H,4-5,11,15H2,1-3H3,(H,26,27)/t17?,22-/m1/s1. The molecule has 2 aromatic heterocycles. The number of hydrogen-bond acceptors (Lipinski definition) is 4. The van der Waals surface area contributed by atoms with Gasteiger partial charge in [-0.2, -0.15) is 5.10 Å². The molecule has 1 aliphatic rings. The van der Waals surface area contributed by atoms with Crippen LogP contribution in [0.4, 0.5) is 5.82 Å². The lowest BCUT2D eigenvalue weighted by Gasteiger charge is -2.40. The van der Waals surface area contributed by atoms with Gasteiger partial charge in [-0.25, -0.2) is 9.67 Å². The highest BCUT2D eigenvalue weighted by atomic mass is 35.5. The zero-order valence-electron chi connectivity index (χ0n) is 18.2. The average molecular weight is 438 g/mol. The fourth-order valence-electron chi connectivity index (χ4n) is 4.23. The summed E-state index contributed by atoms with van der Waals surface area (Å²) < 4.78 is 1.79. The highest BCUT2D eigenvalue weighted by Gasteiger charge is 2.33. The number of aryl methyl sites for hydroxylation is 2. The molecule has 3 aromatic rings. The number of hydrogen-bond donors (Lipinski definition) is 1. The van der Waals surface area contributed by atoms with Crippen molar-refractivity contribution in [3.63, 3.8) is 0 Å². The van der Waals surface area contributed by atoms with Gasteiger partial charge in [-0.05, 0) is 62.9 Å². The number of halogens is 1. The third kappa shape index (κ3) is 4.74. The number of benzene rings is 1. The number of pyridine rings is 1. The maximum atomic E-state index is 13.8. The van der Waals surface area contributed by atoms with Crippen LogP contribution in [0.5, 0.6) is 0 Å². The van der Waals surface area contributed by atoms with Crippen molar-refractivity contribution >= 4 is 23.3 Å². The van der Waals surface area contributed by atoms with Gasteiger partial charge in [0.1, 0.15) is 5.82 Å². The van der Waals surface area contributed by atoms with Gasteiger partial charge in [0, 0.05) is 25.5 Å². The predicted molar refractivity (Wildman–Crippen MR) is 124 cm³/mol. The fourth-order valence-corrected chi connectivity index (χ4v) is 4.34. The van der Waals surface area contributed by atoms with Crippen LogP contribution < -0.4 is 5.32 Å². The van der Waals surface area contributed by atoms with E-state index < -0.39 is 0 Å². The number of piperidine rings is 1. The van der Waals surface area contributed by atoms with Crippen LogP contribution in [0.2, 0.25) is 5.02 Å². The van der Waals surface area contributed by atoms with Crippen LogP contribution in [0.1, 0.15) is 41.4 Å². The second kappa shape index (κ2) is 9.10. The Morgan fingerprint density at radius 2 is 2.06 bits per heavy atom. The van der Waals surface area contributed by atoms with Crippen molar-refractivity contribution in [1.82, 2.24) is 19.7 Å². The Balaban J connectivity index is 1.61. The maximum Gasteiger partial charge on any atom is 0.256 e. The molecule has 0 saturated carbocycles. The van der Waals surface area contributed by atoms with E-state index in [1.807, 2.05) is 61.3 Å². The molecule has 0 aliphatic carbocycles. The summed E-state index contributed by atoms with van der Waals surface area (Å²) in [4.78, 5) is 20.1. The molecule has 2 atom stereocenters. The van der Waals surface area contributed by atoms with Crippen molar-refractivity contribution in [3.8, 4) is 5.69 Å². The van der Waals surface area contributed by atoms with E-state index in [0.717, 1.165) is 42.1 Å². The summed E-state index contributed by atoms with van der Waals surface area (Å²) >= 11 is 5.95. The van der Waals surface area contributed by atoms with Gasteiger partial charge < -0.3 is 10.2 Å². The Morgan fingerprint density at radius 3 is 2.77 bits per heavy atom. The van der Waals surface area contributed by atoms with Crippen molar-refractivity contribution in [2.75, 3.05) is 18.4 Å². The van der Waals surface area contributed by atoms with Crippen molar-refractivity contribution < 1.29 is 4.79 Å². The Labute approximate surface area is 188 Å². The van der Waals surface area contributed by atoms with Crippen LogP contribution in [0.3, 0.4) is 0 Å². The minimum absolute atomic E-state index is 0.0502. The van der Waals surface area contributed by atoms with Crippen molar-refractivity contribution in [2.45, 2.75) is 39.7 Å². The smallest absolute Gasteiger partial charge is 0.256 e. The highest BCUT2D eigenvalue weighted by Crippen LogP contribution is 2.27. The topological polar surface area (TPSA) is 63.1 Å². The van der Waals surface area contributed by atoms with Crippen molar-refractivity contribution in [3.05, 3.63) is 70.6 Å². The zero-order chi connectivity index (χ0) is 22.0. The van der Waals surface area contributed by atoms with Crippen LogP contribution in [0.25, 0.3) is 5.69 Å². The quantitative estimate of drug-likeness (QED) is 0.617. The molecular formula is C24H28ClN5O. The molecule has 1 unspecified atom stereocenters. The van der Waals surface area contributed by atoms with Gasteiger partial charge in [-0.3, -0.25) is 4.79 Å². The second-order valence-corrected chi connectivity index (χ2v) is 8.79. The number of carbonyl (C=O) groups excluding carboxylic acids is 1. The molecule has 3 heterocycles. The molecule has 0 bridgehead atoms. The van der Waals surface area contributed by atoms with Gasteiger partial charge in [0.05, 0.1) is 28.0 Å². The summed E-state index contributed by atoms with van der Waals surface area (Å²) in [5, 5.41) is 8.52. The SMILES string of the molecule is Cc1ccc(-n2ccc(C)n2)c(C(=O)N2CCCC(C)[C@H]2CNc2ccc(Cl)cn2)c1. The maximum absolute atomic E-state index is 13.8. The summed E-state index contributed by atoms with van der Waals surface area (Å²) in [5.74, 6) is 1.20. The lowest BCUT2D eigenvalue weighted by molar-refractivity contribution is 0.0540. The molecule has 31 heavy (non-hydrogen) atoms. The Kier molecular flexibility index (Phi) is 6.28. The molecule has 1 amide bonds. The molecule has 4 rings (SSSR count). The van der Waals surface area contributed by atoms with Gasteiger partial charge in [0.15, 0.2) is 0 Å². The van der Waals surface area contributed by atoms with E-state index in [1.54, 1.807) is 10.9 Å². The normalized spacial score (nSPS) is 18.8. The molecule has 1 aliphatic heterocycles. The minimum atomic E-state index is 0.0502. The molecule has 7 heteroatoms. The van der Waals surface area contributed by atoms with Gasteiger partial charge in [-0.1, -0.05) is 30.2 Å². The van der Waals surface area contributed by atoms with Gasteiger partial charge in [0.2, 0.25) is 0 Å². The number of carbonyl (C=O) groups is 1. The van der Waals surface area contributed by atoms with Crippen LogP contribution in [0, 0.1) is 19.8 Å². The molecule has 0 spiro atoms. The van der Waals surface area contributed by atoms with E-state index in [2.05, 4.69) is 22.3 Å². The summed E-state index contributed by atoms with van der Waals surface area (Å²) in [6.45, 7) is 7.57. The average Bonchev–Trinajstić information content (AvgIpc) is 3.19. The van der Waals surface area contributed by atoms with E-state index in [-0.39, 0.29) is 11.9 Å². The first-order valence-electron chi connectivity index (χ1n) is 10.7. The number of aromatic nitrogens is 3. The molecule has 0 radical (unpaired) electrons. The first-order valence-corrected chi connectivity index (χ1v) is 11.1. The Hall–Kier alpha value is -2.86. The summed E-state index contributed by atoms with van der Waals surface area (Å²) in [5.41, 5.74) is 3.48. The van der Waals surface area contributed by atoms with Gasteiger partial charge in [-0.15, -0.1) is 0 Å². The molecule has 1 aromatic carbocycles. The van der Waals surface area contributed by atoms with Crippen LogP contribution in [0.15, 0.2) is 48.8 Å². The molecular weight excluding hydrogens is 410 g/mol. The number of anilines is 1. The third-order valence-corrected chi connectivity index (χ3v) is 6.17. The molecule has 1 saturated heterocycles. The van der Waals surface area contributed by atoms with Crippen LogP contribution >= 0.6 is 11.6 Å². The molecule has 1 N–H and O–H groups in total. The largest absolute Gasteiger partial charge is 0.368 e. The number of rotatable bonds is 5. The lowest BCUT2D eigenvalue weighted by Crippen LogP contribution is -2.51. The minimum Gasteiger partial charge on any atom is -0.368 e. The van der Waals surface area contributed by atoms with E-state index in [1.165, 1.54) is 0 Å². The lowest BCUT2D eigenvalue weighted by atomic mass is 9.89. The number of nitrogens with one attached hydrogen (secondary N) is 1. The highest BCUT2D eigenvalue weighted by molar-refractivity contribution is 6.30. The van der Waals surface area contributed by atoms with E-state index in [9.17, 15) is 4.79 Å². The van der Waals surface area contributed by atoms with Gasteiger partial charge >= 0.3 is 0 Å². The fraction of sp³-hybridized carbons (Fsp3) is 0.375. The van der Waals surface area contributed by atoms with E-state index in [4.69, 9.17) is 11.6 Å². The number of nitrogens with zero attached hydrogens (tertiary/aromatic N) is 4. The first-order chi connectivity index (χ1) is 14.9. The zero-order valence-corrected chi connectivity index (χ0v) is 18.9. The first kappa shape index (κ1) is 21.4. The number of likely N-dealkylation sites (tertiary alicyclic amines) is 1. The Morgan fingerprint density at radius 1 is 1.23 bits per heavy atom. The summed E-state index contributed by atoms with van der Waals surface area (Å²) in [6.07, 6.45) is 5.64. The molecule has 162 valence electrons.